The fourth-order valence-electron chi connectivity index (χ4n) is 7.22. The van der Waals surface area contributed by atoms with Crippen molar-refractivity contribution >= 4 is 11.8 Å². The lowest BCUT2D eigenvalue weighted by Crippen LogP contribution is -2.65. The molecule has 8 atom stereocenters. The number of rotatable bonds is 4. The van der Waals surface area contributed by atoms with Gasteiger partial charge in [-0.1, -0.05) is 60.1 Å². The van der Waals surface area contributed by atoms with E-state index in [4.69, 9.17) is 9.47 Å². The Morgan fingerprint density at radius 1 is 1.23 bits per heavy atom. The fraction of sp³-hybridized carbons (Fsp3) is 0.846. The topological polar surface area (TPSA) is 72.8 Å². The van der Waals surface area contributed by atoms with Crippen LogP contribution in [0.1, 0.15) is 73.6 Å². The van der Waals surface area contributed by atoms with E-state index in [2.05, 4.69) is 34.6 Å². The first-order valence-corrected chi connectivity index (χ1v) is 12.2. The number of aliphatic hydroxyl groups excluding tert-OH is 1. The molecule has 5 nitrogen and oxygen atoms in total. The van der Waals surface area contributed by atoms with Crippen LogP contribution in [-0.2, 0) is 19.1 Å². The minimum atomic E-state index is -1.28. The zero-order valence-corrected chi connectivity index (χ0v) is 20.0. The third kappa shape index (κ3) is 3.09. The number of aliphatic hydroxyl groups is 1. The Bertz CT molecular complexity index is 770. The highest BCUT2D eigenvalue weighted by Gasteiger charge is 2.76. The summed E-state index contributed by atoms with van der Waals surface area (Å²) in [6.07, 6.45) is 7.56. The lowest BCUT2D eigenvalue weighted by atomic mass is 9.40. The molecule has 31 heavy (non-hydrogen) atoms. The molecule has 1 N–H and O–H groups in total. The fourth-order valence-corrected chi connectivity index (χ4v) is 7.22. The molecule has 1 aliphatic heterocycles. The van der Waals surface area contributed by atoms with Crippen LogP contribution in [-0.4, -0.2) is 35.9 Å². The summed E-state index contributed by atoms with van der Waals surface area (Å²) >= 11 is 0. The van der Waals surface area contributed by atoms with Crippen molar-refractivity contribution in [3.05, 3.63) is 12.2 Å². The molecule has 5 heteroatoms. The van der Waals surface area contributed by atoms with Crippen molar-refractivity contribution in [2.45, 2.75) is 86.0 Å². The van der Waals surface area contributed by atoms with Crippen LogP contribution in [0.4, 0.5) is 0 Å². The smallest absolute Gasteiger partial charge is 0.323 e. The second-order valence-electron chi connectivity index (χ2n) is 11.8. The molecule has 4 aliphatic rings. The van der Waals surface area contributed by atoms with Gasteiger partial charge < -0.3 is 14.6 Å². The molecule has 1 spiro atoms. The van der Waals surface area contributed by atoms with Gasteiger partial charge in [0, 0.05) is 24.4 Å². The van der Waals surface area contributed by atoms with Crippen molar-refractivity contribution in [3.8, 4) is 0 Å². The van der Waals surface area contributed by atoms with Crippen LogP contribution >= 0.6 is 0 Å². The SMILES string of the molecule is CC(C)[C@H]1CC[C@H](C)C[C@@H]1O[C@H]1OC(=O)[C@]23C(=O)CCC(C)(C)[C@]2(C)C=C[C@H](CO)[C@H]13. The number of carbonyl (C=O) groups is 2. The van der Waals surface area contributed by atoms with Gasteiger partial charge in [-0.3, -0.25) is 9.59 Å². The Morgan fingerprint density at radius 3 is 2.58 bits per heavy atom. The van der Waals surface area contributed by atoms with E-state index in [9.17, 15) is 14.7 Å². The van der Waals surface area contributed by atoms with Crippen molar-refractivity contribution in [1.29, 1.82) is 0 Å². The number of hydrogen-bond donors (Lipinski definition) is 1. The molecular formula is C26H40O5. The number of ether oxygens (including phenoxy) is 2. The number of cyclic esters (lactones) is 1. The van der Waals surface area contributed by atoms with Gasteiger partial charge in [-0.25, -0.2) is 0 Å². The van der Waals surface area contributed by atoms with E-state index in [0.717, 1.165) is 19.3 Å². The van der Waals surface area contributed by atoms with E-state index in [1.54, 1.807) is 0 Å². The Balaban J connectivity index is 1.76. The van der Waals surface area contributed by atoms with E-state index in [-0.39, 0.29) is 29.8 Å². The van der Waals surface area contributed by atoms with Gasteiger partial charge >= 0.3 is 5.97 Å². The summed E-state index contributed by atoms with van der Waals surface area (Å²) in [6.45, 7) is 12.9. The Hall–Kier alpha value is -1.20. The van der Waals surface area contributed by atoms with Crippen LogP contribution in [0.5, 0.6) is 0 Å². The van der Waals surface area contributed by atoms with E-state index in [0.29, 0.717) is 24.2 Å². The summed E-state index contributed by atoms with van der Waals surface area (Å²) in [5, 5.41) is 10.2. The first-order valence-electron chi connectivity index (χ1n) is 12.2. The molecule has 0 bridgehead atoms. The quantitative estimate of drug-likeness (QED) is 0.402. The molecule has 0 amide bonds. The van der Waals surface area contributed by atoms with Gasteiger partial charge in [-0.15, -0.1) is 0 Å². The molecule has 2 saturated carbocycles. The number of allylic oxidation sites excluding steroid dienone is 1. The normalized spacial score (nSPS) is 46.6. The summed E-state index contributed by atoms with van der Waals surface area (Å²) < 4.78 is 12.6. The van der Waals surface area contributed by atoms with Gasteiger partial charge in [-0.2, -0.15) is 0 Å². The molecule has 3 fully saturated rings. The first kappa shape index (κ1) is 23.0. The number of hydrogen-bond acceptors (Lipinski definition) is 5. The summed E-state index contributed by atoms with van der Waals surface area (Å²) in [5.41, 5.74) is -2.20. The Labute approximate surface area is 186 Å². The van der Waals surface area contributed by atoms with Crippen molar-refractivity contribution in [3.63, 3.8) is 0 Å². The summed E-state index contributed by atoms with van der Waals surface area (Å²) in [5.74, 6) is 0.127. The third-order valence-electron chi connectivity index (χ3n) is 9.60. The third-order valence-corrected chi connectivity index (χ3v) is 9.60. The maximum atomic E-state index is 13.6. The summed E-state index contributed by atoms with van der Waals surface area (Å²) in [4.78, 5) is 27.2. The molecule has 1 saturated heterocycles. The highest BCUT2D eigenvalue weighted by molar-refractivity contribution is 6.07. The van der Waals surface area contributed by atoms with Crippen molar-refractivity contribution in [2.24, 2.45) is 45.8 Å². The average Bonchev–Trinajstić information content (AvgIpc) is 2.99. The van der Waals surface area contributed by atoms with Gasteiger partial charge in [0.05, 0.1) is 12.0 Å². The van der Waals surface area contributed by atoms with Crippen molar-refractivity contribution in [2.75, 3.05) is 6.61 Å². The lowest BCUT2D eigenvalue weighted by Gasteiger charge is -2.59. The van der Waals surface area contributed by atoms with Gasteiger partial charge in [0.15, 0.2) is 5.78 Å². The second kappa shape index (κ2) is 7.69. The molecule has 1 heterocycles. The predicted molar refractivity (Wildman–Crippen MR) is 118 cm³/mol. The zero-order valence-electron chi connectivity index (χ0n) is 20.0. The van der Waals surface area contributed by atoms with Crippen LogP contribution < -0.4 is 0 Å². The Morgan fingerprint density at radius 2 is 1.94 bits per heavy atom. The van der Waals surface area contributed by atoms with Crippen LogP contribution in [0.25, 0.3) is 0 Å². The average molecular weight is 433 g/mol. The van der Waals surface area contributed by atoms with Gasteiger partial charge in [-0.05, 0) is 42.4 Å². The molecule has 0 aromatic carbocycles. The molecule has 0 radical (unpaired) electrons. The predicted octanol–water partition coefficient (Wildman–Crippen LogP) is 4.52. The number of carbonyl (C=O) groups excluding carboxylic acids is 2. The van der Waals surface area contributed by atoms with Crippen LogP contribution in [0.3, 0.4) is 0 Å². The van der Waals surface area contributed by atoms with Gasteiger partial charge in [0.25, 0.3) is 0 Å². The Kier molecular flexibility index (Phi) is 5.70. The molecule has 0 aromatic heterocycles. The number of Topliss-reactive ketones (excluding diaryl/α,β-unsaturated/α-hetero) is 1. The van der Waals surface area contributed by atoms with Crippen LogP contribution in [0.15, 0.2) is 12.2 Å². The van der Waals surface area contributed by atoms with Crippen molar-refractivity contribution < 1.29 is 24.2 Å². The largest absolute Gasteiger partial charge is 0.435 e. The minimum absolute atomic E-state index is 0.0000853. The molecule has 174 valence electrons. The highest BCUT2D eigenvalue weighted by Crippen LogP contribution is 2.68. The highest BCUT2D eigenvalue weighted by atomic mass is 16.7. The molecule has 0 aromatic rings. The van der Waals surface area contributed by atoms with Gasteiger partial charge in [0.1, 0.15) is 5.41 Å². The zero-order chi connectivity index (χ0) is 22.8. The standard InChI is InChI=1S/C26H40O5/c1-15(2)18-8-7-16(3)13-19(18)30-22-21-17(14-27)9-12-25(6)24(4,5)11-10-20(28)26(21,25)23(29)31-22/h9,12,15-19,21-22,27H,7-8,10-11,13-14H2,1-6H3/t16-,17+,18+,19-,21+,22-,25-,26+/m0/s1. The van der Waals surface area contributed by atoms with Crippen LogP contribution in [0.2, 0.25) is 0 Å². The van der Waals surface area contributed by atoms with Gasteiger partial charge in [0.2, 0.25) is 6.29 Å². The van der Waals surface area contributed by atoms with Crippen LogP contribution in [0, 0.1) is 45.8 Å². The second-order valence-corrected chi connectivity index (χ2v) is 11.8. The minimum Gasteiger partial charge on any atom is -0.435 e. The molecular weight excluding hydrogens is 392 g/mol. The van der Waals surface area contributed by atoms with E-state index in [1.165, 1.54) is 6.42 Å². The summed E-state index contributed by atoms with van der Waals surface area (Å²) in [7, 11) is 0. The van der Waals surface area contributed by atoms with Crippen molar-refractivity contribution in [1.82, 2.24) is 0 Å². The monoisotopic (exact) mass is 432 g/mol. The molecule has 0 unspecified atom stereocenters. The lowest BCUT2D eigenvalue weighted by molar-refractivity contribution is -0.202. The maximum absolute atomic E-state index is 13.6. The molecule has 3 aliphatic carbocycles. The van der Waals surface area contributed by atoms with E-state index >= 15 is 0 Å². The van der Waals surface area contributed by atoms with E-state index < -0.39 is 29.0 Å². The maximum Gasteiger partial charge on any atom is 0.323 e. The number of esters is 1. The number of ketones is 1. The van der Waals surface area contributed by atoms with E-state index in [1.807, 2.05) is 19.1 Å². The molecule has 4 rings (SSSR count). The first-order chi connectivity index (χ1) is 14.5. The summed E-state index contributed by atoms with van der Waals surface area (Å²) in [6, 6.07) is 0.